The Hall–Kier alpha value is -3.41. The molecular formula is C27H24ClNO4. The number of aliphatic carboxylic acids is 1. The van der Waals surface area contributed by atoms with E-state index in [4.69, 9.17) is 21.4 Å². The fourth-order valence-corrected chi connectivity index (χ4v) is 3.92. The summed E-state index contributed by atoms with van der Waals surface area (Å²) < 4.78 is 7.44. The smallest absolute Gasteiger partial charge is 0.332 e. The first-order valence-electron chi connectivity index (χ1n) is 10.6. The Kier molecular flexibility index (Phi) is 6.63. The van der Waals surface area contributed by atoms with Gasteiger partial charge in [-0.2, -0.15) is 0 Å². The summed E-state index contributed by atoms with van der Waals surface area (Å²) in [5, 5.41) is 10.4. The van der Waals surface area contributed by atoms with Crippen LogP contribution in [-0.4, -0.2) is 27.5 Å². The van der Waals surface area contributed by atoms with Crippen molar-refractivity contribution in [2.24, 2.45) is 0 Å². The molecule has 0 aliphatic rings. The summed E-state index contributed by atoms with van der Waals surface area (Å²) in [5.41, 5.74) is 5.14. The number of fused-ring (bicyclic) bond motifs is 1. The van der Waals surface area contributed by atoms with Crippen LogP contribution < -0.4 is 0 Å². The van der Waals surface area contributed by atoms with Gasteiger partial charge in [-0.25, -0.2) is 4.79 Å². The van der Waals surface area contributed by atoms with Crippen molar-refractivity contribution in [2.75, 3.05) is 0 Å². The van der Waals surface area contributed by atoms with Crippen molar-refractivity contribution in [1.29, 1.82) is 0 Å². The molecule has 1 atom stereocenters. The lowest BCUT2D eigenvalue weighted by Crippen LogP contribution is -2.19. The molecule has 0 radical (unpaired) electrons. The molecule has 1 heterocycles. The van der Waals surface area contributed by atoms with Gasteiger partial charge in [0.1, 0.15) is 0 Å². The number of hydrogen-bond donors (Lipinski definition) is 1. The molecular weight excluding hydrogens is 438 g/mol. The van der Waals surface area contributed by atoms with Crippen molar-refractivity contribution < 1.29 is 19.4 Å². The third-order valence-corrected chi connectivity index (χ3v) is 5.83. The first-order chi connectivity index (χ1) is 15.8. The van der Waals surface area contributed by atoms with Crippen molar-refractivity contribution in [3.8, 4) is 0 Å². The van der Waals surface area contributed by atoms with Crippen LogP contribution in [0.2, 0.25) is 5.02 Å². The zero-order chi connectivity index (χ0) is 23.5. The van der Waals surface area contributed by atoms with Crippen LogP contribution >= 0.6 is 11.6 Å². The molecule has 0 bridgehead atoms. The molecule has 1 N–H and O–H groups in total. The van der Waals surface area contributed by atoms with Crippen molar-refractivity contribution in [1.82, 2.24) is 4.57 Å². The molecule has 0 aliphatic carbocycles. The van der Waals surface area contributed by atoms with Gasteiger partial charge in [0.25, 0.3) is 0 Å². The second kappa shape index (κ2) is 9.61. The highest BCUT2D eigenvalue weighted by molar-refractivity contribution is 6.31. The molecule has 6 heteroatoms. The van der Waals surface area contributed by atoms with E-state index in [0.29, 0.717) is 22.7 Å². The van der Waals surface area contributed by atoms with Gasteiger partial charge in [0.15, 0.2) is 11.9 Å². The number of halogens is 1. The summed E-state index contributed by atoms with van der Waals surface area (Å²) in [6.07, 6.45) is 1.00. The largest absolute Gasteiger partial charge is 0.479 e. The Balaban J connectivity index is 1.65. The average Bonchev–Trinajstić information content (AvgIpc) is 3.14. The van der Waals surface area contributed by atoms with Crippen LogP contribution in [-0.2, 0) is 22.7 Å². The van der Waals surface area contributed by atoms with Gasteiger partial charge >= 0.3 is 5.97 Å². The highest BCUT2D eigenvalue weighted by atomic mass is 35.5. The standard InChI is InChI=1S/C27H24ClNO4/c1-17-6-8-21(9-7-17)26(30)24-15-29(25-11-10-22(28)13-23(24)25)14-19-4-3-5-20(12-19)16-33-18(2)27(31)32/h3-13,15,18H,14,16H2,1-2H3,(H,31,32)/t18-/m1/s1. The number of ketones is 1. The minimum absolute atomic E-state index is 0.0502. The average molecular weight is 462 g/mol. The summed E-state index contributed by atoms with van der Waals surface area (Å²) in [4.78, 5) is 24.3. The molecule has 0 spiro atoms. The van der Waals surface area contributed by atoms with Crippen LogP contribution in [0.3, 0.4) is 0 Å². The third kappa shape index (κ3) is 5.16. The number of carboxylic acids is 1. The minimum atomic E-state index is -0.991. The molecule has 33 heavy (non-hydrogen) atoms. The summed E-state index contributed by atoms with van der Waals surface area (Å²) in [7, 11) is 0. The predicted octanol–water partition coefficient (Wildman–Crippen LogP) is 5.87. The molecule has 0 amide bonds. The molecule has 4 aromatic rings. The van der Waals surface area contributed by atoms with Gasteiger partial charge in [-0.1, -0.05) is 65.7 Å². The predicted molar refractivity (Wildman–Crippen MR) is 129 cm³/mol. The molecule has 0 fully saturated rings. The quantitative estimate of drug-likeness (QED) is 0.333. The summed E-state index contributed by atoms with van der Waals surface area (Å²) in [5.74, 6) is -1.04. The first kappa shape index (κ1) is 22.8. The number of hydrogen-bond acceptors (Lipinski definition) is 3. The zero-order valence-electron chi connectivity index (χ0n) is 18.4. The maximum atomic E-state index is 13.3. The Morgan fingerprint density at radius 2 is 1.76 bits per heavy atom. The van der Waals surface area contributed by atoms with E-state index >= 15 is 0 Å². The number of nitrogens with zero attached hydrogens (tertiary/aromatic N) is 1. The highest BCUT2D eigenvalue weighted by Gasteiger charge is 2.18. The van der Waals surface area contributed by atoms with Gasteiger partial charge in [0, 0.05) is 39.8 Å². The topological polar surface area (TPSA) is 68.5 Å². The summed E-state index contributed by atoms with van der Waals surface area (Å²) in [6, 6.07) is 20.9. The van der Waals surface area contributed by atoms with Crippen LogP contribution in [0.5, 0.6) is 0 Å². The van der Waals surface area contributed by atoms with Gasteiger partial charge in [0.05, 0.1) is 6.61 Å². The van der Waals surface area contributed by atoms with Crippen LogP contribution in [0.4, 0.5) is 0 Å². The van der Waals surface area contributed by atoms with Gasteiger partial charge in [0.2, 0.25) is 0 Å². The van der Waals surface area contributed by atoms with Crippen molar-refractivity contribution >= 4 is 34.3 Å². The van der Waals surface area contributed by atoms with Crippen molar-refractivity contribution in [3.63, 3.8) is 0 Å². The maximum absolute atomic E-state index is 13.3. The van der Waals surface area contributed by atoms with Gasteiger partial charge < -0.3 is 14.4 Å². The third-order valence-electron chi connectivity index (χ3n) is 5.59. The van der Waals surface area contributed by atoms with Crippen LogP contribution in [0, 0.1) is 6.92 Å². The van der Waals surface area contributed by atoms with Gasteiger partial charge in [-0.15, -0.1) is 0 Å². The fourth-order valence-electron chi connectivity index (χ4n) is 3.75. The van der Waals surface area contributed by atoms with Crippen molar-refractivity contribution in [3.05, 3.63) is 106 Å². The number of aryl methyl sites for hydroxylation is 1. The molecule has 0 unspecified atom stereocenters. The second-order valence-electron chi connectivity index (χ2n) is 8.14. The Labute approximate surface area is 197 Å². The number of carboxylic acid groups (broad SMARTS) is 1. The molecule has 3 aromatic carbocycles. The van der Waals surface area contributed by atoms with Gasteiger partial charge in [-0.05, 0) is 43.2 Å². The number of carbonyl (C=O) groups is 2. The highest BCUT2D eigenvalue weighted by Crippen LogP contribution is 2.28. The monoisotopic (exact) mass is 461 g/mol. The lowest BCUT2D eigenvalue weighted by atomic mass is 10.0. The number of benzene rings is 3. The Morgan fingerprint density at radius 3 is 2.48 bits per heavy atom. The molecule has 4 rings (SSSR count). The van der Waals surface area contributed by atoms with E-state index < -0.39 is 12.1 Å². The summed E-state index contributed by atoms with van der Waals surface area (Å²) >= 11 is 6.26. The van der Waals surface area contributed by atoms with E-state index in [9.17, 15) is 9.59 Å². The lowest BCUT2D eigenvalue weighted by Gasteiger charge is -2.10. The first-order valence-corrected chi connectivity index (χ1v) is 11.0. The lowest BCUT2D eigenvalue weighted by molar-refractivity contribution is -0.149. The second-order valence-corrected chi connectivity index (χ2v) is 8.58. The Morgan fingerprint density at radius 1 is 1.03 bits per heavy atom. The number of carbonyl (C=O) groups excluding carboxylic acids is 1. The van der Waals surface area contributed by atoms with E-state index in [-0.39, 0.29) is 12.4 Å². The molecule has 1 aromatic heterocycles. The molecule has 0 aliphatic heterocycles. The van der Waals surface area contributed by atoms with Crippen LogP contribution in [0.15, 0.2) is 72.9 Å². The van der Waals surface area contributed by atoms with Crippen LogP contribution in [0.25, 0.3) is 10.9 Å². The molecule has 0 saturated carbocycles. The van der Waals surface area contributed by atoms with E-state index in [1.807, 2.05) is 84.4 Å². The summed E-state index contributed by atoms with van der Waals surface area (Å²) in [6.45, 7) is 4.25. The van der Waals surface area contributed by atoms with E-state index in [0.717, 1.165) is 27.6 Å². The fraction of sp³-hybridized carbons (Fsp3) is 0.185. The van der Waals surface area contributed by atoms with Crippen molar-refractivity contribution in [2.45, 2.75) is 33.1 Å². The Bertz CT molecular complexity index is 1320. The minimum Gasteiger partial charge on any atom is -0.479 e. The molecule has 5 nitrogen and oxygen atoms in total. The molecule has 0 saturated heterocycles. The van der Waals surface area contributed by atoms with E-state index in [1.54, 1.807) is 0 Å². The molecule has 168 valence electrons. The van der Waals surface area contributed by atoms with E-state index in [1.165, 1.54) is 6.92 Å². The number of ether oxygens (including phenoxy) is 1. The number of rotatable bonds is 8. The zero-order valence-corrected chi connectivity index (χ0v) is 19.2. The maximum Gasteiger partial charge on any atom is 0.332 e. The van der Waals surface area contributed by atoms with E-state index in [2.05, 4.69) is 0 Å². The van der Waals surface area contributed by atoms with Crippen LogP contribution in [0.1, 0.15) is 39.5 Å². The normalized spacial score (nSPS) is 12.1. The number of aromatic nitrogens is 1. The van der Waals surface area contributed by atoms with Gasteiger partial charge in [-0.3, -0.25) is 4.79 Å². The SMILES string of the molecule is Cc1ccc(C(=O)c2cn(Cc3cccc(CO[C@H](C)C(=O)O)c3)c3ccc(Cl)cc23)cc1.